The van der Waals surface area contributed by atoms with Crippen LogP contribution in [0.1, 0.15) is 30.6 Å². The van der Waals surface area contributed by atoms with E-state index in [1.54, 1.807) is 16.9 Å². The monoisotopic (exact) mass is 266 g/mol. The zero-order valence-corrected chi connectivity index (χ0v) is 10.6. The maximum atomic E-state index is 13.3. The Labute approximate surface area is 110 Å². The van der Waals surface area contributed by atoms with Crippen LogP contribution >= 0.6 is 0 Å². The summed E-state index contributed by atoms with van der Waals surface area (Å²) in [6.45, 7) is 2.75. The van der Waals surface area contributed by atoms with Gasteiger partial charge in [0, 0.05) is 18.8 Å². The Morgan fingerprint density at radius 1 is 1.32 bits per heavy atom. The van der Waals surface area contributed by atoms with E-state index >= 15 is 0 Å². The summed E-state index contributed by atoms with van der Waals surface area (Å²) in [6, 6.07) is 4.64. The second-order valence-electron chi connectivity index (χ2n) is 4.28. The van der Waals surface area contributed by atoms with Crippen molar-refractivity contribution in [3.8, 4) is 0 Å². The first-order valence-corrected chi connectivity index (χ1v) is 6.09. The molecule has 0 aliphatic rings. The molecule has 4 nitrogen and oxygen atoms in total. The molecule has 0 radical (unpaired) electrons. The van der Waals surface area contributed by atoms with Crippen LogP contribution in [0.25, 0.3) is 0 Å². The maximum absolute atomic E-state index is 13.3. The Morgan fingerprint density at radius 2 is 2.00 bits per heavy atom. The highest BCUT2D eigenvalue weighted by Gasteiger charge is 2.18. The lowest BCUT2D eigenvalue weighted by Gasteiger charge is -2.18. The van der Waals surface area contributed by atoms with Crippen molar-refractivity contribution in [2.45, 2.75) is 25.9 Å². The average molecular weight is 266 g/mol. The molecule has 1 aromatic heterocycles. The van der Waals surface area contributed by atoms with Crippen molar-refractivity contribution in [3.63, 3.8) is 0 Å². The van der Waals surface area contributed by atoms with Crippen molar-refractivity contribution in [2.24, 2.45) is 5.84 Å². The predicted octanol–water partition coefficient (Wildman–Crippen LogP) is 2.12. The lowest BCUT2D eigenvalue weighted by atomic mass is 10.0. The number of nitrogens with zero attached hydrogens (tertiary/aromatic N) is 2. The Kier molecular flexibility index (Phi) is 4.24. The van der Waals surface area contributed by atoms with Crippen molar-refractivity contribution in [2.75, 3.05) is 0 Å². The molecule has 3 N–H and O–H groups in total. The van der Waals surface area contributed by atoms with E-state index in [1.165, 1.54) is 12.1 Å². The first-order chi connectivity index (χ1) is 9.15. The third kappa shape index (κ3) is 2.97. The van der Waals surface area contributed by atoms with Crippen molar-refractivity contribution < 1.29 is 8.78 Å². The summed E-state index contributed by atoms with van der Waals surface area (Å²) >= 11 is 0. The van der Waals surface area contributed by atoms with Crippen LogP contribution in [-0.2, 0) is 6.54 Å². The van der Waals surface area contributed by atoms with E-state index in [-0.39, 0.29) is 0 Å². The van der Waals surface area contributed by atoms with Gasteiger partial charge in [0.1, 0.15) is 11.6 Å². The van der Waals surface area contributed by atoms with Gasteiger partial charge in [0.25, 0.3) is 0 Å². The van der Waals surface area contributed by atoms with Crippen LogP contribution in [-0.4, -0.2) is 9.78 Å². The van der Waals surface area contributed by atoms with Crippen LogP contribution in [0.2, 0.25) is 0 Å². The van der Waals surface area contributed by atoms with Gasteiger partial charge < -0.3 is 0 Å². The number of benzene rings is 1. The van der Waals surface area contributed by atoms with Gasteiger partial charge in [-0.15, -0.1) is 0 Å². The molecule has 0 saturated heterocycles. The minimum Gasteiger partial charge on any atom is -0.271 e. The van der Waals surface area contributed by atoms with Crippen LogP contribution < -0.4 is 11.3 Å². The molecular formula is C13H16F2N4. The molecule has 0 aliphatic heterocycles. The number of hydrazine groups is 1. The Hall–Kier alpha value is -1.79. The van der Waals surface area contributed by atoms with Gasteiger partial charge in [-0.2, -0.15) is 5.10 Å². The molecule has 0 spiro atoms. The number of hydrogen-bond donors (Lipinski definition) is 2. The van der Waals surface area contributed by atoms with E-state index in [9.17, 15) is 8.78 Å². The van der Waals surface area contributed by atoms with E-state index in [1.807, 2.05) is 6.92 Å². The van der Waals surface area contributed by atoms with Crippen LogP contribution in [0, 0.1) is 11.6 Å². The third-order valence-corrected chi connectivity index (χ3v) is 2.87. The Balaban J connectivity index is 2.40. The fourth-order valence-corrected chi connectivity index (χ4v) is 2.08. The molecule has 0 aliphatic carbocycles. The number of aromatic nitrogens is 2. The summed E-state index contributed by atoms with van der Waals surface area (Å²) < 4.78 is 28.3. The first-order valence-electron chi connectivity index (χ1n) is 6.09. The number of nitrogens with one attached hydrogen (secondary N) is 1. The molecule has 1 unspecified atom stereocenters. The second kappa shape index (κ2) is 5.90. The van der Waals surface area contributed by atoms with E-state index < -0.39 is 17.7 Å². The summed E-state index contributed by atoms with van der Waals surface area (Å²) in [6.07, 6.45) is 2.55. The van der Waals surface area contributed by atoms with Crippen LogP contribution in [0.3, 0.4) is 0 Å². The van der Waals surface area contributed by atoms with Gasteiger partial charge in [0.05, 0.1) is 11.7 Å². The Morgan fingerprint density at radius 3 is 2.58 bits per heavy atom. The van der Waals surface area contributed by atoms with Gasteiger partial charge in [0.15, 0.2) is 0 Å². The molecule has 1 atom stereocenters. The van der Waals surface area contributed by atoms with Crippen molar-refractivity contribution in [3.05, 3.63) is 53.4 Å². The van der Waals surface area contributed by atoms with Gasteiger partial charge in [-0.05, 0) is 30.2 Å². The lowest BCUT2D eigenvalue weighted by molar-refractivity contribution is 0.513. The van der Waals surface area contributed by atoms with Gasteiger partial charge in [-0.3, -0.25) is 10.5 Å². The number of hydrogen-bond acceptors (Lipinski definition) is 3. The van der Waals surface area contributed by atoms with Crippen molar-refractivity contribution in [1.82, 2.24) is 15.2 Å². The highest BCUT2D eigenvalue weighted by atomic mass is 19.1. The van der Waals surface area contributed by atoms with Gasteiger partial charge in [-0.1, -0.05) is 6.92 Å². The fourth-order valence-electron chi connectivity index (χ4n) is 2.08. The second-order valence-corrected chi connectivity index (χ2v) is 4.28. The molecule has 0 saturated carbocycles. The van der Waals surface area contributed by atoms with Gasteiger partial charge in [0.2, 0.25) is 0 Å². The molecular weight excluding hydrogens is 250 g/mol. The SMILES string of the molecule is CCCn1nccc1C(NN)c1cc(F)cc(F)c1. The molecule has 6 heteroatoms. The number of nitrogens with two attached hydrogens (primary N) is 1. The average Bonchev–Trinajstić information content (AvgIpc) is 2.78. The molecule has 1 heterocycles. The van der Waals surface area contributed by atoms with Crippen molar-refractivity contribution in [1.29, 1.82) is 0 Å². The van der Waals surface area contributed by atoms with Crippen LogP contribution in [0.4, 0.5) is 8.78 Å². The molecule has 0 bridgehead atoms. The zero-order valence-electron chi connectivity index (χ0n) is 10.6. The number of halogens is 2. The number of aryl methyl sites for hydroxylation is 1. The van der Waals surface area contributed by atoms with Crippen LogP contribution in [0.15, 0.2) is 30.5 Å². The molecule has 102 valence electrons. The minimum atomic E-state index is -0.628. The minimum absolute atomic E-state index is 0.429. The van der Waals surface area contributed by atoms with E-state index in [4.69, 9.17) is 5.84 Å². The predicted molar refractivity (Wildman–Crippen MR) is 68.0 cm³/mol. The normalized spacial score (nSPS) is 12.6. The fraction of sp³-hybridized carbons (Fsp3) is 0.308. The quantitative estimate of drug-likeness (QED) is 0.644. The molecule has 2 aromatic rings. The van der Waals surface area contributed by atoms with E-state index in [2.05, 4.69) is 10.5 Å². The summed E-state index contributed by atoms with van der Waals surface area (Å²) in [5.41, 5.74) is 3.78. The maximum Gasteiger partial charge on any atom is 0.126 e. The van der Waals surface area contributed by atoms with E-state index in [0.717, 1.165) is 24.7 Å². The van der Waals surface area contributed by atoms with Gasteiger partial charge in [-0.25, -0.2) is 14.2 Å². The van der Waals surface area contributed by atoms with Gasteiger partial charge >= 0.3 is 0 Å². The highest BCUT2D eigenvalue weighted by Crippen LogP contribution is 2.23. The molecule has 0 amide bonds. The smallest absolute Gasteiger partial charge is 0.126 e. The van der Waals surface area contributed by atoms with Crippen LogP contribution in [0.5, 0.6) is 0 Å². The summed E-state index contributed by atoms with van der Waals surface area (Å²) in [4.78, 5) is 0. The zero-order chi connectivity index (χ0) is 13.8. The standard InChI is InChI=1S/C13H16F2N4/c1-2-5-19-12(3-4-17-19)13(18-16)9-6-10(14)8-11(15)7-9/h3-4,6-8,13,18H,2,5,16H2,1H3. The molecule has 19 heavy (non-hydrogen) atoms. The molecule has 2 rings (SSSR count). The molecule has 0 fully saturated rings. The lowest BCUT2D eigenvalue weighted by Crippen LogP contribution is -2.31. The summed E-state index contributed by atoms with van der Waals surface area (Å²) in [5.74, 6) is 4.27. The number of rotatable bonds is 5. The topological polar surface area (TPSA) is 55.9 Å². The Bertz CT molecular complexity index is 533. The van der Waals surface area contributed by atoms with Crippen molar-refractivity contribution >= 4 is 0 Å². The first kappa shape index (κ1) is 13.6. The summed E-state index contributed by atoms with van der Waals surface area (Å²) in [7, 11) is 0. The third-order valence-electron chi connectivity index (χ3n) is 2.87. The highest BCUT2D eigenvalue weighted by molar-refractivity contribution is 5.28. The summed E-state index contributed by atoms with van der Waals surface area (Å²) in [5, 5.41) is 4.18. The van der Waals surface area contributed by atoms with E-state index in [0.29, 0.717) is 5.56 Å². The molecule has 1 aromatic carbocycles. The largest absolute Gasteiger partial charge is 0.271 e.